The minimum atomic E-state index is -3.85. The summed E-state index contributed by atoms with van der Waals surface area (Å²) in [7, 11) is -2.64. The Labute approximate surface area is 117 Å². The zero-order chi connectivity index (χ0) is 14.6. The van der Waals surface area contributed by atoms with Crippen LogP contribution in [0.5, 0.6) is 0 Å². The van der Waals surface area contributed by atoms with Crippen LogP contribution < -0.4 is 4.72 Å². The molecule has 1 heterocycles. The normalized spacial score (nSPS) is 13.3. The Bertz CT molecular complexity index is 542. The second kappa shape index (κ2) is 6.31. The smallest absolute Gasteiger partial charge is 0.324 e. The number of nitrogens with one attached hydrogen (secondary N) is 1. The number of sulfonamides is 1. The van der Waals surface area contributed by atoms with Crippen molar-refractivity contribution in [3.63, 3.8) is 0 Å². The second-order valence-corrected chi connectivity index (χ2v) is 6.28. The average Bonchev–Trinajstić information content (AvgIpc) is 2.35. The van der Waals surface area contributed by atoms with Gasteiger partial charge in [-0.05, 0) is 18.1 Å². The highest BCUT2D eigenvalue weighted by Gasteiger charge is 2.29. The molecular formula is C11H15ClN2O4S. The standard InChI is InChI=1S/C11H15ClN2O4S/c1-7(2)10(11(15)18-3)14-19(16,17)8-4-5-9(12)13-6-8/h4-7,10,14H,1-3H3/t10-/m0/s1. The van der Waals surface area contributed by atoms with E-state index in [1.165, 1.54) is 19.2 Å². The molecule has 1 aromatic rings. The largest absolute Gasteiger partial charge is 0.468 e. The Hall–Kier alpha value is -1.18. The number of rotatable bonds is 5. The van der Waals surface area contributed by atoms with E-state index in [0.29, 0.717) is 0 Å². The molecule has 0 aliphatic rings. The zero-order valence-electron chi connectivity index (χ0n) is 10.8. The molecule has 0 aromatic carbocycles. The minimum Gasteiger partial charge on any atom is -0.468 e. The van der Waals surface area contributed by atoms with Gasteiger partial charge in [-0.2, -0.15) is 4.72 Å². The lowest BCUT2D eigenvalue weighted by molar-refractivity contribution is -0.143. The summed E-state index contributed by atoms with van der Waals surface area (Å²) < 4.78 is 31.0. The Kier molecular flexibility index (Phi) is 5.28. The Morgan fingerprint density at radius 3 is 2.47 bits per heavy atom. The molecule has 1 rings (SSSR count). The molecule has 8 heteroatoms. The van der Waals surface area contributed by atoms with E-state index in [1.807, 2.05) is 0 Å². The molecule has 1 N–H and O–H groups in total. The fourth-order valence-corrected chi connectivity index (χ4v) is 2.73. The van der Waals surface area contributed by atoms with Crippen molar-refractivity contribution in [2.45, 2.75) is 24.8 Å². The van der Waals surface area contributed by atoms with Crippen LogP contribution >= 0.6 is 11.6 Å². The van der Waals surface area contributed by atoms with Crippen molar-refractivity contribution in [1.29, 1.82) is 0 Å². The zero-order valence-corrected chi connectivity index (χ0v) is 12.3. The maximum absolute atomic E-state index is 12.1. The lowest BCUT2D eigenvalue weighted by atomic mass is 10.1. The highest BCUT2D eigenvalue weighted by Crippen LogP contribution is 2.13. The van der Waals surface area contributed by atoms with Gasteiger partial charge in [0.2, 0.25) is 10.0 Å². The molecule has 0 bridgehead atoms. The summed E-state index contributed by atoms with van der Waals surface area (Å²) in [6, 6.07) is 1.72. The number of hydrogen-bond acceptors (Lipinski definition) is 5. The highest BCUT2D eigenvalue weighted by atomic mass is 35.5. The van der Waals surface area contributed by atoms with Crippen LogP contribution in [0.2, 0.25) is 5.15 Å². The summed E-state index contributed by atoms with van der Waals surface area (Å²) in [6.07, 6.45) is 1.12. The average molecular weight is 307 g/mol. The molecule has 0 saturated heterocycles. The Morgan fingerprint density at radius 2 is 2.05 bits per heavy atom. The summed E-state index contributed by atoms with van der Waals surface area (Å²) in [5, 5.41) is 0.187. The number of nitrogens with zero attached hydrogens (tertiary/aromatic N) is 1. The minimum absolute atomic E-state index is 0.0635. The van der Waals surface area contributed by atoms with Crippen molar-refractivity contribution in [3.8, 4) is 0 Å². The summed E-state index contributed by atoms with van der Waals surface area (Å²) in [5.74, 6) is -0.886. The van der Waals surface area contributed by atoms with Crippen molar-refractivity contribution in [3.05, 3.63) is 23.5 Å². The molecule has 0 aliphatic heterocycles. The van der Waals surface area contributed by atoms with Crippen LogP contribution in [0.15, 0.2) is 23.2 Å². The number of esters is 1. The first-order valence-electron chi connectivity index (χ1n) is 5.49. The van der Waals surface area contributed by atoms with Gasteiger partial charge in [0, 0.05) is 6.20 Å². The van der Waals surface area contributed by atoms with Crippen LogP contribution in [-0.4, -0.2) is 32.5 Å². The fourth-order valence-electron chi connectivity index (χ4n) is 1.34. The number of carbonyl (C=O) groups excluding carboxylic acids is 1. The highest BCUT2D eigenvalue weighted by molar-refractivity contribution is 7.89. The van der Waals surface area contributed by atoms with E-state index in [0.717, 1.165) is 6.20 Å². The number of ether oxygens (including phenoxy) is 1. The van der Waals surface area contributed by atoms with Gasteiger partial charge in [0.1, 0.15) is 16.1 Å². The predicted molar refractivity (Wildman–Crippen MR) is 70.2 cm³/mol. The summed E-state index contributed by atoms with van der Waals surface area (Å²) in [4.78, 5) is 15.2. The molecule has 1 aromatic heterocycles. The molecule has 0 saturated carbocycles. The van der Waals surface area contributed by atoms with E-state index in [-0.39, 0.29) is 16.0 Å². The predicted octanol–water partition coefficient (Wildman–Crippen LogP) is 1.21. The number of pyridine rings is 1. The topological polar surface area (TPSA) is 85.4 Å². The third-order valence-corrected chi connectivity index (χ3v) is 4.06. The van der Waals surface area contributed by atoms with Crippen LogP contribution in [-0.2, 0) is 19.6 Å². The van der Waals surface area contributed by atoms with Crippen molar-refractivity contribution >= 4 is 27.6 Å². The van der Waals surface area contributed by atoms with Crippen molar-refractivity contribution < 1.29 is 17.9 Å². The van der Waals surface area contributed by atoms with Crippen LogP contribution in [0, 0.1) is 5.92 Å². The van der Waals surface area contributed by atoms with Gasteiger partial charge in [-0.3, -0.25) is 4.79 Å². The molecular weight excluding hydrogens is 292 g/mol. The monoisotopic (exact) mass is 306 g/mol. The first-order chi connectivity index (χ1) is 8.77. The van der Waals surface area contributed by atoms with Gasteiger partial charge < -0.3 is 4.74 Å². The lowest BCUT2D eigenvalue weighted by Crippen LogP contribution is -2.44. The first-order valence-corrected chi connectivity index (χ1v) is 7.35. The quantitative estimate of drug-likeness (QED) is 0.653. The van der Waals surface area contributed by atoms with Crippen LogP contribution in [0.4, 0.5) is 0 Å². The molecule has 19 heavy (non-hydrogen) atoms. The maximum atomic E-state index is 12.1. The number of methoxy groups -OCH3 is 1. The first kappa shape index (κ1) is 15.9. The lowest BCUT2D eigenvalue weighted by Gasteiger charge is -2.19. The van der Waals surface area contributed by atoms with E-state index in [9.17, 15) is 13.2 Å². The van der Waals surface area contributed by atoms with Crippen LogP contribution in [0.1, 0.15) is 13.8 Å². The van der Waals surface area contributed by atoms with Gasteiger partial charge in [0.25, 0.3) is 0 Å². The molecule has 6 nitrogen and oxygen atoms in total. The van der Waals surface area contributed by atoms with E-state index < -0.39 is 22.0 Å². The maximum Gasteiger partial charge on any atom is 0.324 e. The molecule has 0 radical (unpaired) electrons. The van der Waals surface area contributed by atoms with Gasteiger partial charge >= 0.3 is 5.97 Å². The van der Waals surface area contributed by atoms with E-state index in [2.05, 4.69) is 14.4 Å². The number of aromatic nitrogens is 1. The summed E-state index contributed by atoms with van der Waals surface area (Å²) >= 11 is 5.59. The fraction of sp³-hybridized carbons (Fsp3) is 0.455. The van der Waals surface area contributed by atoms with E-state index in [4.69, 9.17) is 11.6 Å². The molecule has 0 spiro atoms. The number of halogens is 1. The van der Waals surface area contributed by atoms with Crippen molar-refractivity contribution in [2.75, 3.05) is 7.11 Å². The van der Waals surface area contributed by atoms with Gasteiger partial charge in [0.15, 0.2) is 0 Å². The van der Waals surface area contributed by atoms with Crippen LogP contribution in [0.25, 0.3) is 0 Å². The van der Waals surface area contributed by atoms with Gasteiger partial charge in [-0.15, -0.1) is 0 Å². The molecule has 0 unspecified atom stereocenters. The molecule has 0 amide bonds. The Balaban J connectivity index is 3.00. The second-order valence-electron chi connectivity index (χ2n) is 4.18. The van der Waals surface area contributed by atoms with Gasteiger partial charge in [-0.25, -0.2) is 13.4 Å². The van der Waals surface area contributed by atoms with E-state index >= 15 is 0 Å². The SMILES string of the molecule is COC(=O)[C@@H](NS(=O)(=O)c1ccc(Cl)nc1)C(C)C. The van der Waals surface area contributed by atoms with E-state index in [1.54, 1.807) is 13.8 Å². The van der Waals surface area contributed by atoms with Crippen molar-refractivity contribution in [1.82, 2.24) is 9.71 Å². The molecule has 106 valence electrons. The summed E-state index contributed by atoms with van der Waals surface area (Å²) in [5.41, 5.74) is 0. The number of carbonyl (C=O) groups is 1. The molecule has 0 fully saturated rings. The third kappa shape index (κ3) is 4.15. The molecule has 1 atom stereocenters. The Morgan fingerprint density at radius 1 is 1.42 bits per heavy atom. The third-order valence-electron chi connectivity index (χ3n) is 2.41. The van der Waals surface area contributed by atoms with Crippen molar-refractivity contribution in [2.24, 2.45) is 5.92 Å². The number of hydrogen-bond donors (Lipinski definition) is 1. The van der Waals surface area contributed by atoms with Gasteiger partial charge in [0.05, 0.1) is 7.11 Å². The van der Waals surface area contributed by atoms with Crippen LogP contribution in [0.3, 0.4) is 0 Å². The van der Waals surface area contributed by atoms with Gasteiger partial charge in [-0.1, -0.05) is 25.4 Å². The summed E-state index contributed by atoms with van der Waals surface area (Å²) in [6.45, 7) is 3.43. The molecule has 0 aliphatic carbocycles.